The average Bonchev–Trinajstić information content (AvgIpc) is 2.70. The van der Waals surface area contributed by atoms with Gasteiger partial charge in [0, 0.05) is 0 Å². The number of alkyl halides is 1. The van der Waals surface area contributed by atoms with Gasteiger partial charge in [-0.3, -0.25) is 9.59 Å². The second-order valence-electron chi connectivity index (χ2n) is 2.89. The lowest BCUT2D eigenvalue weighted by Gasteiger charge is -2.02. The topological polar surface area (TPSA) is 89.9 Å². The molecule has 1 N–H and O–H groups in total. The van der Waals surface area contributed by atoms with Crippen molar-refractivity contribution in [2.75, 3.05) is 5.88 Å². The van der Waals surface area contributed by atoms with Crippen LogP contribution in [0.5, 0.6) is 0 Å². The Hall–Kier alpha value is -1.89. The molecule has 2 heterocycles. The van der Waals surface area contributed by atoms with E-state index in [2.05, 4.69) is 15.1 Å². The Morgan fingerprint density at radius 1 is 1.62 bits per heavy atom. The zero-order valence-corrected chi connectivity index (χ0v) is 8.77. The zero-order chi connectivity index (χ0) is 11.5. The molecule has 0 atom stereocenters. The summed E-state index contributed by atoms with van der Waals surface area (Å²) in [6.07, 6.45) is 2.61. The molecule has 7 nitrogen and oxygen atoms in total. The number of aromatic nitrogens is 4. The van der Waals surface area contributed by atoms with Crippen LogP contribution in [0.15, 0.2) is 17.3 Å². The van der Waals surface area contributed by atoms with Gasteiger partial charge in [0.1, 0.15) is 11.3 Å². The number of aromatic amines is 1. The Morgan fingerprint density at radius 3 is 3.19 bits per heavy atom. The maximum absolute atomic E-state index is 11.3. The number of nitrogens with one attached hydrogen (secondary N) is 1. The highest BCUT2D eigenvalue weighted by atomic mass is 35.5. The summed E-state index contributed by atoms with van der Waals surface area (Å²) in [5.41, 5.74) is 0.0612. The van der Waals surface area contributed by atoms with E-state index in [1.54, 1.807) is 0 Å². The molecule has 0 saturated carbocycles. The van der Waals surface area contributed by atoms with Crippen LogP contribution < -0.4 is 5.56 Å². The lowest BCUT2D eigenvalue weighted by Crippen LogP contribution is -2.12. The third-order valence-electron chi connectivity index (χ3n) is 1.90. The van der Waals surface area contributed by atoms with Gasteiger partial charge < -0.3 is 9.72 Å². The number of hydrogen-bond acceptors (Lipinski definition) is 5. The number of esters is 1. The van der Waals surface area contributed by atoms with Crippen LogP contribution in [0, 0.1) is 0 Å². The first-order valence-corrected chi connectivity index (χ1v) is 4.86. The first kappa shape index (κ1) is 10.6. The van der Waals surface area contributed by atoms with Gasteiger partial charge >= 0.3 is 5.97 Å². The normalized spacial score (nSPS) is 10.6. The van der Waals surface area contributed by atoms with E-state index in [1.165, 1.54) is 17.2 Å². The molecule has 0 saturated heterocycles. The van der Waals surface area contributed by atoms with Gasteiger partial charge in [0.05, 0.1) is 12.5 Å². The Labute approximate surface area is 94.0 Å². The van der Waals surface area contributed by atoms with Crippen molar-refractivity contribution in [2.45, 2.75) is 6.73 Å². The fraction of sp³-hybridized carbons (Fsp3) is 0.250. The van der Waals surface area contributed by atoms with Crippen LogP contribution in [0.4, 0.5) is 0 Å². The van der Waals surface area contributed by atoms with E-state index in [4.69, 9.17) is 16.3 Å². The van der Waals surface area contributed by atoms with Crippen LogP contribution in [0.25, 0.3) is 11.0 Å². The zero-order valence-electron chi connectivity index (χ0n) is 8.01. The summed E-state index contributed by atoms with van der Waals surface area (Å²) in [4.78, 5) is 28.5. The summed E-state index contributed by atoms with van der Waals surface area (Å²) in [5, 5.41) is 4.21. The molecule has 0 aliphatic rings. The quantitative estimate of drug-likeness (QED) is 0.598. The minimum Gasteiger partial charge on any atom is -0.441 e. The molecule has 8 heteroatoms. The number of carbonyl (C=O) groups is 1. The molecule has 2 aromatic rings. The third-order valence-corrected chi connectivity index (χ3v) is 2.11. The van der Waals surface area contributed by atoms with Crippen LogP contribution in [0.3, 0.4) is 0 Å². The van der Waals surface area contributed by atoms with Crippen molar-refractivity contribution in [1.82, 2.24) is 19.7 Å². The summed E-state index contributed by atoms with van der Waals surface area (Å²) in [6.45, 7) is -0.120. The van der Waals surface area contributed by atoms with Gasteiger partial charge in [0.2, 0.25) is 0 Å². The molecular formula is C8H7ClN4O3. The van der Waals surface area contributed by atoms with Gasteiger partial charge in [-0.25, -0.2) is 9.67 Å². The van der Waals surface area contributed by atoms with Gasteiger partial charge in [0.15, 0.2) is 12.4 Å². The van der Waals surface area contributed by atoms with E-state index in [9.17, 15) is 9.59 Å². The van der Waals surface area contributed by atoms with Crippen molar-refractivity contribution in [1.29, 1.82) is 0 Å². The molecule has 2 rings (SSSR count). The summed E-state index contributed by atoms with van der Waals surface area (Å²) >= 11 is 5.26. The van der Waals surface area contributed by atoms with Gasteiger partial charge in [-0.1, -0.05) is 0 Å². The van der Waals surface area contributed by atoms with E-state index < -0.39 is 5.97 Å². The van der Waals surface area contributed by atoms with Crippen molar-refractivity contribution >= 4 is 28.6 Å². The number of halogens is 1. The van der Waals surface area contributed by atoms with Crippen molar-refractivity contribution in [2.24, 2.45) is 0 Å². The molecule has 84 valence electrons. The third kappa shape index (κ3) is 1.89. The van der Waals surface area contributed by atoms with Gasteiger partial charge in [-0.2, -0.15) is 5.10 Å². The van der Waals surface area contributed by atoms with E-state index in [1.807, 2.05) is 0 Å². The first-order chi connectivity index (χ1) is 7.72. The molecule has 0 aliphatic carbocycles. The van der Waals surface area contributed by atoms with E-state index in [-0.39, 0.29) is 18.2 Å². The Morgan fingerprint density at radius 2 is 2.44 bits per heavy atom. The minimum atomic E-state index is -0.560. The second kappa shape index (κ2) is 4.31. The fourth-order valence-electron chi connectivity index (χ4n) is 1.17. The fourth-order valence-corrected chi connectivity index (χ4v) is 1.25. The predicted octanol–water partition coefficient (Wildman–Crippen LogP) is -0.141. The molecule has 0 radical (unpaired) electrons. The summed E-state index contributed by atoms with van der Waals surface area (Å²) < 4.78 is 6.06. The molecule has 0 bridgehead atoms. The largest absolute Gasteiger partial charge is 0.441 e. The van der Waals surface area contributed by atoms with Crippen molar-refractivity contribution in [3.63, 3.8) is 0 Å². The highest BCUT2D eigenvalue weighted by Gasteiger charge is 2.08. The Balaban J connectivity index is 2.29. The molecule has 0 spiro atoms. The predicted molar refractivity (Wildman–Crippen MR) is 55.0 cm³/mol. The molecule has 16 heavy (non-hydrogen) atoms. The van der Waals surface area contributed by atoms with Crippen molar-refractivity contribution in [3.8, 4) is 0 Å². The summed E-state index contributed by atoms with van der Waals surface area (Å²) in [7, 11) is 0. The van der Waals surface area contributed by atoms with Gasteiger partial charge in [-0.15, -0.1) is 11.6 Å². The smallest absolute Gasteiger partial charge is 0.322 e. The van der Waals surface area contributed by atoms with Gasteiger partial charge in [-0.05, 0) is 0 Å². The maximum atomic E-state index is 11.3. The van der Waals surface area contributed by atoms with Crippen LogP contribution in [-0.2, 0) is 16.3 Å². The molecule has 2 aromatic heterocycles. The number of fused-ring (bicyclic) bond motifs is 1. The molecule has 0 amide bonds. The summed E-state index contributed by atoms with van der Waals surface area (Å²) in [5.74, 6) is -0.789. The second-order valence-corrected chi connectivity index (χ2v) is 3.16. The Kier molecular flexibility index (Phi) is 2.86. The molecule has 0 unspecified atom stereocenters. The molecular weight excluding hydrogens is 236 g/mol. The van der Waals surface area contributed by atoms with E-state index in [0.29, 0.717) is 11.0 Å². The standard InChI is InChI=1S/C8H7ClN4O3/c9-1-6(14)16-4-13-7-5(2-12-13)8(15)11-3-10-7/h2-3H,1,4H2,(H,10,11,15). The monoisotopic (exact) mass is 242 g/mol. The number of hydrogen-bond donors (Lipinski definition) is 1. The molecule has 0 fully saturated rings. The van der Waals surface area contributed by atoms with E-state index >= 15 is 0 Å². The van der Waals surface area contributed by atoms with Crippen molar-refractivity contribution in [3.05, 3.63) is 22.9 Å². The Bertz CT molecular complexity index is 576. The highest BCUT2D eigenvalue weighted by molar-refractivity contribution is 6.26. The molecule has 0 aliphatic heterocycles. The van der Waals surface area contributed by atoms with Crippen LogP contribution in [0.2, 0.25) is 0 Å². The number of rotatable bonds is 3. The number of carbonyl (C=O) groups excluding carboxylic acids is 1. The highest BCUT2D eigenvalue weighted by Crippen LogP contribution is 2.04. The lowest BCUT2D eigenvalue weighted by atomic mass is 10.4. The summed E-state index contributed by atoms with van der Waals surface area (Å²) in [6, 6.07) is 0. The number of H-pyrrole nitrogens is 1. The maximum Gasteiger partial charge on any atom is 0.322 e. The minimum absolute atomic E-state index is 0.120. The van der Waals surface area contributed by atoms with Crippen LogP contribution in [-0.4, -0.2) is 31.6 Å². The van der Waals surface area contributed by atoms with Crippen molar-refractivity contribution < 1.29 is 9.53 Å². The first-order valence-electron chi connectivity index (χ1n) is 4.33. The van der Waals surface area contributed by atoms with Gasteiger partial charge in [0.25, 0.3) is 5.56 Å². The average molecular weight is 243 g/mol. The van der Waals surface area contributed by atoms with Crippen LogP contribution >= 0.6 is 11.6 Å². The molecule has 0 aromatic carbocycles. The lowest BCUT2D eigenvalue weighted by molar-refractivity contribution is -0.144. The number of ether oxygens (including phenoxy) is 1. The SMILES string of the molecule is O=C(CCl)OCn1ncc2c(=O)[nH]cnc21. The van der Waals surface area contributed by atoms with E-state index in [0.717, 1.165) is 0 Å². The van der Waals surface area contributed by atoms with Crippen LogP contribution in [0.1, 0.15) is 0 Å². The number of nitrogens with zero attached hydrogens (tertiary/aromatic N) is 3.